The molecule has 0 unspecified atom stereocenters. The first-order valence-corrected chi connectivity index (χ1v) is 5.15. The molecule has 0 aromatic carbocycles. The third-order valence-corrected chi connectivity index (χ3v) is 2.35. The van der Waals surface area contributed by atoms with Crippen LogP contribution >= 0.6 is 22.6 Å². The lowest BCUT2D eigenvalue weighted by Gasteiger charge is -2.03. The van der Waals surface area contributed by atoms with Crippen molar-refractivity contribution in [3.8, 4) is 11.9 Å². The third kappa shape index (κ3) is 1.92. The van der Waals surface area contributed by atoms with E-state index in [4.69, 9.17) is 11.0 Å². The van der Waals surface area contributed by atoms with Gasteiger partial charge in [-0.1, -0.05) is 0 Å². The van der Waals surface area contributed by atoms with Crippen molar-refractivity contribution < 1.29 is 0 Å². The summed E-state index contributed by atoms with van der Waals surface area (Å²) in [6.45, 7) is 0. The van der Waals surface area contributed by atoms with Gasteiger partial charge in [-0.25, -0.2) is 9.67 Å². The van der Waals surface area contributed by atoms with Crippen molar-refractivity contribution >= 4 is 28.3 Å². The molecular weight excluding hydrogens is 305 g/mol. The number of hydrogen-bond acceptors (Lipinski definition) is 4. The van der Waals surface area contributed by atoms with Crippen LogP contribution in [0.3, 0.4) is 0 Å². The zero-order valence-electron chi connectivity index (χ0n) is 7.55. The van der Waals surface area contributed by atoms with Crippen LogP contribution in [0.5, 0.6) is 0 Å². The molecule has 5 nitrogen and oxygen atoms in total. The highest BCUT2D eigenvalue weighted by Crippen LogP contribution is 2.15. The van der Waals surface area contributed by atoms with Crippen LogP contribution in [0.2, 0.25) is 0 Å². The third-order valence-electron chi connectivity index (χ3n) is 1.79. The van der Waals surface area contributed by atoms with Crippen molar-refractivity contribution in [2.75, 3.05) is 5.73 Å². The molecule has 0 bridgehead atoms. The number of pyridine rings is 1. The Morgan fingerprint density at radius 3 is 2.80 bits per heavy atom. The summed E-state index contributed by atoms with van der Waals surface area (Å²) >= 11 is 2.15. The fraction of sp³-hybridized carbons (Fsp3) is 0. The summed E-state index contributed by atoms with van der Waals surface area (Å²) in [5, 5.41) is 12.7. The number of rotatable bonds is 1. The van der Waals surface area contributed by atoms with E-state index < -0.39 is 0 Å². The van der Waals surface area contributed by atoms with Crippen molar-refractivity contribution in [2.45, 2.75) is 0 Å². The SMILES string of the molecule is N#Cc1cnc(-n2cc(I)cn2)c(N)c1. The van der Waals surface area contributed by atoms with Gasteiger partial charge in [0.05, 0.1) is 21.0 Å². The summed E-state index contributed by atoms with van der Waals surface area (Å²) in [4.78, 5) is 4.08. The highest BCUT2D eigenvalue weighted by molar-refractivity contribution is 14.1. The molecule has 0 aliphatic rings. The Labute approximate surface area is 99.7 Å². The minimum atomic E-state index is 0.438. The van der Waals surface area contributed by atoms with Crippen molar-refractivity contribution in [1.29, 1.82) is 5.26 Å². The van der Waals surface area contributed by atoms with E-state index >= 15 is 0 Å². The number of anilines is 1. The minimum absolute atomic E-state index is 0.438. The average Bonchev–Trinajstić information content (AvgIpc) is 2.64. The predicted molar refractivity (Wildman–Crippen MR) is 63.2 cm³/mol. The second kappa shape index (κ2) is 3.86. The summed E-state index contributed by atoms with van der Waals surface area (Å²) in [5.41, 5.74) is 6.64. The smallest absolute Gasteiger partial charge is 0.176 e. The molecule has 0 spiro atoms. The van der Waals surface area contributed by atoms with Gasteiger partial charge in [-0.15, -0.1) is 0 Å². The van der Waals surface area contributed by atoms with Gasteiger partial charge in [0.1, 0.15) is 6.07 Å². The molecule has 0 atom stereocenters. The first-order chi connectivity index (χ1) is 7.20. The fourth-order valence-electron chi connectivity index (χ4n) is 1.14. The molecule has 2 heterocycles. The van der Waals surface area contributed by atoms with Gasteiger partial charge in [0.2, 0.25) is 0 Å². The molecule has 0 radical (unpaired) electrons. The minimum Gasteiger partial charge on any atom is -0.396 e. The van der Waals surface area contributed by atoms with Gasteiger partial charge in [0.25, 0.3) is 0 Å². The standard InChI is InChI=1S/C9H6IN5/c10-7-4-14-15(5-7)9-8(12)1-6(2-11)3-13-9/h1,3-5H,12H2. The molecule has 2 rings (SSSR count). The van der Waals surface area contributed by atoms with E-state index in [9.17, 15) is 0 Å². The number of aromatic nitrogens is 3. The Morgan fingerprint density at radius 2 is 2.27 bits per heavy atom. The summed E-state index contributed by atoms with van der Waals surface area (Å²) in [7, 11) is 0. The maximum atomic E-state index is 8.66. The first-order valence-electron chi connectivity index (χ1n) is 4.07. The van der Waals surface area contributed by atoms with Gasteiger partial charge in [0, 0.05) is 12.4 Å². The van der Waals surface area contributed by atoms with Gasteiger partial charge in [-0.2, -0.15) is 10.4 Å². The Morgan fingerprint density at radius 1 is 1.47 bits per heavy atom. The second-order valence-corrected chi connectivity index (χ2v) is 4.10. The van der Waals surface area contributed by atoms with Crippen LogP contribution in [-0.2, 0) is 0 Å². The molecule has 0 saturated heterocycles. The van der Waals surface area contributed by atoms with Crippen molar-refractivity contribution in [2.24, 2.45) is 0 Å². The van der Waals surface area contributed by atoms with Crippen LogP contribution in [-0.4, -0.2) is 14.8 Å². The highest BCUT2D eigenvalue weighted by atomic mass is 127. The van der Waals surface area contributed by atoms with E-state index in [0.29, 0.717) is 17.1 Å². The van der Waals surface area contributed by atoms with Crippen molar-refractivity contribution in [3.63, 3.8) is 0 Å². The molecule has 2 aromatic rings. The van der Waals surface area contributed by atoms with Crippen LogP contribution in [0.1, 0.15) is 5.56 Å². The van der Waals surface area contributed by atoms with Crippen molar-refractivity contribution in [3.05, 3.63) is 33.8 Å². The Bertz CT molecular complexity index is 540. The van der Waals surface area contributed by atoms with Crippen LogP contribution in [0.15, 0.2) is 24.7 Å². The molecular formula is C9H6IN5. The summed E-state index contributed by atoms with van der Waals surface area (Å²) in [6, 6.07) is 3.56. The average molecular weight is 311 g/mol. The maximum Gasteiger partial charge on any atom is 0.176 e. The number of nitrogens with zero attached hydrogens (tertiary/aromatic N) is 4. The predicted octanol–water partition coefficient (Wildman–Crippen LogP) is 1.33. The van der Waals surface area contributed by atoms with Crippen LogP contribution < -0.4 is 5.73 Å². The molecule has 0 saturated carbocycles. The van der Waals surface area contributed by atoms with E-state index in [0.717, 1.165) is 3.57 Å². The van der Waals surface area contributed by atoms with Crippen LogP contribution in [0.25, 0.3) is 5.82 Å². The number of hydrogen-bond donors (Lipinski definition) is 1. The van der Waals surface area contributed by atoms with Gasteiger partial charge in [-0.3, -0.25) is 0 Å². The molecule has 0 fully saturated rings. The normalized spacial score (nSPS) is 9.87. The van der Waals surface area contributed by atoms with E-state index in [1.54, 1.807) is 16.9 Å². The second-order valence-electron chi connectivity index (χ2n) is 2.85. The molecule has 0 aliphatic carbocycles. The zero-order valence-corrected chi connectivity index (χ0v) is 9.71. The Balaban J connectivity index is 2.51. The number of nitrogen functional groups attached to an aromatic ring is 1. The van der Waals surface area contributed by atoms with Gasteiger partial charge < -0.3 is 5.73 Å². The zero-order chi connectivity index (χ0) is 10.8. The molecule has 74 valence electrons. The summed E-state index contributed by atoms with van der Waals surface area (Å²) in [6.07, 6.45) is 4.99. The van der Waals surface area contributed by atoms with Crippen LogP contribution in [0.4, 0.5) is 5.69 Å². The van der Waals surface area contributed by atoms with Crippen LogP contribution in [0, 0.1) is 14.9 Å². The van der Waals surface area contributed by atoms with E-state index in [-0.39, 0.29) is 0 Å². The molecule has 2 N–H and O–H groups in total. The van der Waals surface area contributed by atoms with E-state index in [1.807, 2.05) is 12.3 Å². The molecule has 0 aliphatic heterocycles. The van der Waals surface area contributed by atoms with Gasteiger partial charge >= 0.3 is 0 Å². The monoisotopic (exact) mass is 311 g/mol. The Hall–Kier alpha value is -1.62. The first kappa shape index (κ1) is 9.92. The molecule has 0 amide bonds. The lowest BCUT2D eigenvalue weighted by atomic mass is 10.3. The Kier molecular flexibility index (Phi) is 2.55. The van der Waals surface area contributed by atoms with E-state index in [2.05, 4.69) is 32.7 Å². The van der Waals surface area contributed by atoms with Crippen molar-refractivity contribution in [1.82, 2.24) is 14.8 Å². The molecule has 6 heteroatoms. The lowest BCUT2D eigenvalue weighted by molar-refractivity contribution is 0.849. The maximum absolute atomic E-state index is 8.66. The summed E-state index contributed by atoms with van der Waals surface area (Å²) < 4.78 is 2.58. The largest absolute Gasteiger partial charge is 0.396 e. The number of halogens is 1. The highest BCUT2D eigenvalue weighted by Gasteiger charge is 2.05. The van der Waals surface area contributed by atoms with Gasteiger partial charge in [0.15, 0.2) is 5.82 Å². The van der Waals surface area contributed by atoms with Gasteiger partial charge in [-0.05, 0) is 28.7 Å². The number of nitrogens with two attached hydrogens (primary N) is 1. The molecule has 2 aromatic heterocycles. The summed E-state index contributed by atoms with van der Waals surface area (Å²) in [5.74, 6) is 0.539. The molecule has 15 heavy (non-hydrogen) atoms. The lowest BCUT2D eigenvalue weighted by Crippen LogP contribution is -2.03. The van der Waals surface area contributed by atoms with E-state index in [1.165, 1.54) is 6.20 Å². The fourth-order valence-corrected chi connectivity index (χ4v) is 1.53. The number of nitriles is 1. The topological polar surface area (TPSA) is 80.5 Å². The quantitative estimate of drug-likeness (QED) is 0.806.